The largest absolute Gasteiger partial charge is 0.346 e. The van der Waals surface area contributed by atoms with Gasteiger partial charge in [0.1, 0.15) is 5.69 Å². The second-order valence-corrected chi connectivity index (χ2v) is 9.28. The maximum Gasteiger partial charge on any atom is 0.316 e. The number of amidine groups is 1. The monoisotopic (exact) mass is 367 g/mol. The van der Waals surface area contributed by atoms with Crippen LogP contribution in [0.1, 0.15) is 38.3 Å². The molecule has 136 valence electrons. The zero-order chi connectivity index (χ0) is 18.4. The number of aliphatic hydroxyl groups is 1. The van der Waals surface area contributed by atoms with Crippen molar-refractivity contribution < 1.29 is 9.68 Å². The topological polar surface area (TPSA) is 26.5 Å². The van der Waals surface area contributed by atoms with Gasteiger partial charge in [-0.05, 0) is 41.3 Å². The Labute approximate surface area is 160 Å². The summed E-state index contributed by atoms with van der Waals surface area (Å²) in [6, 6.07) is 18.8. The molecule has 4 heteroatoms. The van der Waals surface area contributed by atoms with E-state index in [9.17, 15) is 5.11 Å². The summed E-state index contributed by atoms with van der Waals surface area (Å²) >= 11 is 1.85. The van der Waals surface area contributed by atoms with E-state index >= 15 is 0 Å². The van der Waals surface area contributed by atoms with Crippen LogP contribution in [0.2, 0.25) is 0 Å². The first kappa shape index (κ1) is 17.6. The second kappa shape index (κ2) is 6.43. The highest BCUT2D eigenvalue weighted by Crippen LogP contribution is 2.40. The lowest BCUT2D eigenvalue weighted by Gasteiger charge is -2.29. The molecular formula is C22H27N2OS+. The van der Waals surface area contributed by atoms with Crippen molar-refractivity contribution in [1.29, 1.82) is 0 Å². The van der Waals surface area contributed by atoms with Crippen molar-refractivity contribution in [3.05, 3.63) is 65.7 Å². The summed E-state index contributed by atoms with van der Waals surface area (Å²) < 4.78 is 2.33. The average Bonchev–Trinajstić information content (AvgIpc) is 2.95. The zero-order valence-electron chi connectivity index (χ0n) is 15.8. The molecule has 0 bridgehead atoms. The standard InChI is InChI=1S/C22H27N2OS/c1-21(2,3)17-10-12-18(13-11-17)22(25)16-23-14-7-15-26-20(23)24(22)19-8-5-4-6-9-19/h4-6,8-13,25H,7,14-16H2,1-3H3/q+1. The highest BCUT2D eigenvalue weighted by Gasteiger charge is 2.55. The number of para-hydroxylation sites is 1. The minimum Gasteiger partial charge on any atom is -0.346 e. The summed E-state index contributed by atoms with van der Waals surface area (Å²) in [6.07, 6.45) is 1.16. The van der Waals surface area contributed by atoms with Gasteiger partial charge in [0.25, 0.3) is 5.72 Å². The fourth-order valence-electron chi connectivity index (χ4n) is 3.81. The van der Waals surface area contributed by atoms with Crippen LogP contribution in [0.25, 0.3) is 0 Å². The van der Waals surface area contributed by atoms with Gasteiger partial charge in [0.2, 0.25) is 0 Å². The molecule has 2 aliphatic rings. The van der Waals surface area contributed by atoms with Crippen LogP contribution in [0.5, 0.6) is 0 Å². The van der Waals surface area contributed by atoms with Crippen LogP contribution in [-0.2, 0) is 11.1 Å². The Bertz CT molecular complexity index is 823. The molecule has 0 aliphatic carbocycles. The van der Waals surface area contributed by atoms with Crippen molar-refractivity contribution >= 4 is 22.6 Å². The van der Waals surface area contributed by atoms with Gasteiger partial charge in [-0.15, -0.1) is 0 Å². The van der Waals surface area contributed by atoms with Gasteiger partial charge in [0, 0.05) is 11.3 Å². The number of hydrogen-bond donors (Lipinski definition) is 1. The van der Waals surface area contributed by atoms with Crippen LogP contribution in [0, 0.1) is 0 Å². The van der Waals surface area contributed by atoms with Gasteiger partial charge in [-0.3, -0.25) is 0 Å². The third kappa shape index (κ3) is 2.95. The van der Waals surface area contributed by atoms with Crippen LogP contribution in [-0.4, -0.2) is 33.7 Å². The van der Waals surface area contributed by atoms with Crippen molar-refractivity contribution in [3.63, 3.8) is 0 Å². The molecule has 0 aromatic heterocycles. The molecule has 2 heterocycles. The molecular weight excluding hydrogens is 340 g/mol. The minimum atomic E-state index is -1.04. The Balaban J connectivity index is 1.78. The first-order chi connectivity index (χ1) is 12.4. The Morgan fingerprint density at radius 1 is 1.04 bits per heavy atom. The molecule has 2 aliphatic heterocycles. The lowest BCUT2D eigenvalue weighted by atomic mass is 9.86. The van der Waals surface area contributed by atoms with Gasteiger partial charge < -0.3 is 5.11 Å². The molecule has 0 fully saturated rings. The number of anilines is 1. The van der Waals surface area contributed by atoms with Crippen LogP contribution in [0.4, 0.5) is 5.69 Å². The van der Waals surface area contributed by atoms with Crippen molar-refractivity contribution in [3.8, 4) is 0 Å². The van der Waals surface area contributed by atoms with Crippen LogP contribution < -0.4 is 4.90 Å². The molecule has 3 nitrogen and oxygen atoms in total. The highest BCUT2D eigenvalue weighted by molar-refractivity contribution is 8.14. The fourth-order valence-corrected chi connectivity index (χ4v) is 4.99. The third-order valence-electron chi connectivity index (χ3n) is 5.27. The normalized spacial score (nSPS) is 23.3. The molecule has 1 unspecified atom stereocenters. The van der Waals surface area contributed by atoms with Gasteiger partial charge in [-0.25, -0.2) is 4.58 Å². The second-order valence-electron chi connectivity index (χ2n) is 8.22. The minimum absolute atomic E-state index is 0.109. The van der Waals surface area contributed by atoms with Gasteiger partial charge in [0.15, 0.2) is 6.54 Å². The number of benzene rings is 2. The Hall–Kier alpha value is -1.78. The van der Waals surface area contributed by atoms with Crippen molar-refractivity contribution in [1.82, 2.24) is 0 Å². The molecule has 0 amide bonds. The number of rotatable bonds is 2. The van der Waals surface area contributed by atoms with E-state index in [1.165, 1.54) is 10.7 Å². The van der Waals surface area contributed by atoms with Crippen LogP contribution in [0.3, 0.4) is 0 Å². The Morgan fingerprint density at radius 3 is 2.38 bits per heavy atom. The van der Waals surface area contributed by atoms with E-state index in [-0.39, 0.29) is 5.41 Å². The Kier molecular flexibility index (Phi) is 4.36. The highest BCUT2D eigenvalue weighted by atomic mass is 32.2. The quantitative estimate of drug-likeness (QED) is 0.808. The van der Waals surface area contributed by atoms with Gasteiger partial charge >= 0.3 is 5.17 Å². The summed E-state index contributed by atoms with van der Waals surface area (Å²) in [5.74, 6) is 1.11. The summed E-state index contributed by atoms with van der Waals surface area (Å²) in [6.45, 7) is 8.27. The molecule has 0 saturated heterocycles. The predicted octanol–water partition coefficient (Wildman–Crippen LogP) is 4.15. The van der Waals surface area contributed by atoms with Gasteiger partial charge in [0.05, 0.1) is 6.54 Å². The molecule has 2 aromatic carbocycles. The van der Waals surface area contributed by atoms with Gasteiger partial charge in [-0.1, -0.05) is 63.2 Å². The summed E-state index contributed by atoms with van der Waals surface area (Å²) in [7, 11) is 0. The van der Waals surface area contributed by atoms with Crippen LogP contribution >= 0.6 is 11.8 Å². The summed E-state index contributed by atoms with van der Waals surface area (Å²) in [5, 5.41) is 13.0. The van der Waals surface area contributed by atoms with Crippen molar-refractivity contribution in [2.45, 2.75) is 38.3 Å². The maximum absolute atomic E-state index is 11.9. The third-order valence-corrected chi connectivity index (χ3v) is 6.47. The van der Waals surface area contributed by atoms with Gasteiger partial charge in [-0.2, -0.15) is 4.90 Å². The van der Waals surface area contributed by atoms with Crippen molar-refractivity contribution in [2.24, 2.45) is 0 Å². The SMILES string of the molecule is CC(C)(C)c1ccc(C2(O)C[N+]3=C(SCCC3)N2c2ccccc2)cc1. The molecule has 4 rings (SSSR count). The molecule has 2 aromatic rings. The number of thioether (sulfide) groups is 1. The summed E-state index contributed by atoms with van der Waals surface area (Å²) in [5.41, 5.74) is 2.36. The smallest absolute Gasteiger partial charge is 0.316 e. The van der Waals surface area contributed by atoms with E-state index < -0.39 is 5.72 Å². The molecule has 1 N–H and O–H groups in total. The fraction of sp³-hybridized carbons (Fsp3) is 0.409. The van der Waals surface area contributed by atoms with Crippen LogP contribution in [0.15, 0.2) is 54.6 Å². The average molecular weight is 368 g/mol. The summed E-state index contributed by atoms with van der Waals surface area (Å²) in [4.78, 5) is 2.13. The van der Waals surface area contributed by atoms with E-state index in [1.54, 1.807) is 0 Å². The lowest BCUT2D eigenvalue weighted by Crippen LogP contribution is -2.46. The molecule has 1 atom stereocenters. The first-order valence-electron chi connectivity index (χ1n) is 9.33. The van der Waals surface area contributed by atoms with E-state index in [1.807, 2.05) is 30.0 Å². The van der Waals surface area contributed by atoms with Crippen molar-refractivity contribution in [2.75, 3.05) is 23.7 Å². The van der Waals surface area contributed by atoms with E-state index in [4.69, 9.17) is 0 Å². The molecule has 0 radical (unpaired) electrons. The Morgan fingerprint density at radius 2 is 1.73 bits per heavy atom. The number of hydrogen-bond acceptors (Lipinski definition) is 3. The zero-order valence-corrected chi connectivity index (χ0v) is 16.6. The van der Waals surface area contributed by atoms with E-state index in [2.05, 4.69) is 66.6 Å². The lowest BCUT2D eigenvalue weighted by molar-refractivity contribution is -0.532. The maximum atomic E-state index is 11.9. The first-order valence-corrected chi connectivity index (χ1v) is 10.3. The molecule has 0 spiro atoms. The predicted molar refractivity (Wildman–Crippen MR) is 110 cm³/mol. The van der Waals surface area contributed by atoms with E-state index in [0.29, 0.717) is 6.54 Å². The molecule has 0 saturated carbocycles. The van der Waals surface area contributed by atoms with E-state index in [0.717, 1.165) is 30.0 Å². The molecule has 26 heavy (non-hydrogen) atoms. The number of nitrogens with zero attached hydrogens (tertiary/aromatic N) is 2.